The van der Waals surface area contributed by atoms with Gasteiger partial charge in [0.2, 0.25) is 17.7 Å². The van der Waals surface area contributed by atoms with E-state index in [1.54, 1.807) is 45.4 Å². The minimum Gasteiger partial charge on any atom is -0.462 e. The minimum absolute atomic E-state index is 0.0574. The highest BCUT2D eigenvalue weighted by molar-refractivity contribution is 5.82. The van der Waals surface area contributed by atoms with Crippen molar-refractivity contribution in [3.63, 3.8) is 0 Å². The van der Waals surface area contributed by atoms with Crippen LogP contribution in [0.15, 0.2) is 50.4 Å². The highest BCUT2D eigenvalue weighted by atomic mass is 16.5. The number of hydrogen-bond acceptors (Lipinski definition) is 17. The predicted octanol–water partition coefficient (Wildman–Crippen LogP) is 5.95. The molecule has 1 aliphatic rings. The normalized spacial score (nSPS) is 24.9. The number of aliphatic hydroxyl groups excluding tert-OH is 3. The lowest BCUT2D eigenvalue weighted by molar-refractivity contribution is -0.157. The maximum absolute atomic E-state index is 13.4. The summed E-state index contributed by atoms with van der Waals surface area (Å²) in [5.41, 5.74) is 0.981. The van der Waals surface area contributed by atoms with E-state index in [1.807, 2.05) is 32.9 Å². The summed E-state index contributed by atoms with van der Waals surface area (Å²) in [6.07, 6.45) is 8.71. The third kappa shape index (κ3) is 14.5. The molecule has 17 heteroatoms. The lowest BCUT2D eigenvalue weighted by Crippen LogP contribution is -2.35. The number of carbonyl (C=O) groups excluding carboxylic acids is 3. The lowest BCUT2D eigenvalue weighted by Gasteiger charge is -2.31. The molecule has 17 nitrogen and oxygen atoms in total. The highest BCUT2D eigenvalue weighted by Crippen LogP contribution is 2.32. The summed E-state index contributed by atoms with van der Waals surface area (Å²) in [6.45, 7) is 7.35. The average Bonchev–Trinajstić information content (AvgIpc) is 4.03. The Labute approximate surface area is 357 Å². The van der Waals surface area contributed by atoms with E-state index in [-0.39, 0.29) is 72.9 Å². The van der Waals surface area contributed by atoms with Crippen LogP contribution in [0.4, 0.5) is 0 Å². The lowest BCUT2D eigenvalue weighted by atomic mass is 9.86. The van der Waals surface area contributed by atoms with Crippen LogP contribution in [0, 0.1) is 23.7 Å². The van der Waals surface area contributed by atoms with Crippen molar-refractivity contribution < 1.29 is 61.9 Å². The fourth-order valence-corrected chi connectivity index (χ4v) is 7.38. The van der Waals surface area contributed by atoms with E-state index >= 15 is 0 Å². The Bertz CT molecular complexity index is 1870. The number of ketones is 2. The molecule has 3 aromatic heterocycles. The van der Waals surface area contributed by atoms with Crippen LogP contribution in [0.2, 0.25) is 0 Å². The fourth-order valence-electron chi connectivity index (χ4n) is 7.38. The van der Waals surface area contributed by atoms with E-state index in [9.17, 15) is 29.7 Å². The summed E-state index contributed by atoms with van der Waals surface area (Å²) in [4.78, 5) is 55.0. The second-order valence-corrected chi connectivity index (χ2v) is 16.1. The first-order valence-electron chi connectivity index (χ1n) is 20.9. The Kier molecular flexibility index (Phi) is 19.5. The van der Waals surface area contributed by atoms with Gasteiger partial charge >= 0.3 is 5.97 Å². The van der Waals surface area contributed by atoms with Crippen molar-refractivity contribution in [2.45, 2.75) is 122 Å². The smallest absolute Gasteiger partial charge is 0.308 e. The summed E-state index contributed by atoms with van der Waals surface area (Å²) in [5, 5.41) is 30.9. The van der Waals surface area contributed by atoms with Gasteiger partial charge in [0.15, 0.2) is 11.4 Å². The van der Waals surface area contributed by atoms with Crippen LogP contribution in [-0.2, 0) is 33.3 Å². The molecule has 0 saturated heterocycles. The standard InChI is InChI=1S/C44H64N4O13/c1-26-12-9-10-14-40-45-33(23-58-40)43-47-34(24-60-43)44-46-32(22-59-44)42(57-8)29(4)36(53)19-30(50)18-31(51)20-41(54)61-39(26)21-38(56-7)27(2)15-16-35(52)28(3)37(55-6)13-11-17-48(5)25-49/h10-11,14,17,22-24,26-31,37-39,42,49-51H,9,12-13,15-16,18-21,25H2,1-8H3/b14-10+,17-11+/t26-,27+,28+,29+,30+,31+,37-,38+,39+,42+/m1/s1. The van der Waals surface area contributed by atoms with Crippen molar-refractivity contribution in [3.8, 4) is 23.2 Å². The number of aliphatic hydroxyl groups is 3. The van der Waals surface area contributed by atoms with Crippen molar-refractivity contribution >= 4 is 23.6 Å². The molecule has 3 N–H and O–H groups in total. The number of carbonyl (C=O) groups is 3. The Balaban J connectivity index is 1.49. The molecule has 3 aromatic rings. The molecule has 4 rings (SSSR count). The van der Waals surface area contributed by atoms with Gasteiger partial charge in [0.1, 0.15) is 55.0 Å². The Morgan fingerprint density at radius 1 is 0.951 bits per heavy atom. The van der Waals surface area contributed by atoms with Crippen molar-refractivity contribution in [2.24, 2.45) is 23.7 Å². The van der Waals surface area contributed by atoms with E-state index in [1.165, 1.54) is 25.9 Å². The van der Waals surface area contributed by atoms with Gasteiger partial charge < -0.3 is 52.4 Å². The first-order valence-corrected chi connectivity index (χ1v) is 20.9. The summed E-state index contributed by atoms with van der Waals surface area (Å²) < 4.78 is 40.2. The van der Waals surface area contributed by atoms with Crippen molar-refractivity contribution in [1.82, 2.24) is 19.9 Å². The first kappa shape index (κ1) is 49.1. The number of nitrogens with zero attached hydrogens (tertiary/aromatic N) is 4. The number of aromatic nitrogens is 3. The van der Waals surface area contributed by atoms with E-state index in [0.29, 0.717) is 61.5 Å². The highest BCUT2D eigenvalue weighted by Gasteiger charge is 2.33. The van der Waals surface area contributed by atoms with Crippen LogP contribution in [0.5, 0.6) is 0 Å². The second kappa shape index (κ2) is 24.2. The SMILES string of the molecule is CO[C@@H](C[C@@H]1OC(=O)C[C@@H](O)C[C@H](O)CC(=O)[C@H](C)[C@H](OC)c2coc(n2)-c2coc(n2)-c2coc(n2)/C=C/CC[C@H]1C)[C@@H](C)CCC(=O)[C@H](C)[C@@H](C/C=C/N(C)CO)OC. The molecule has 338 valence electrons. The summed E-state index contributed by atoms with van der Waals surface area (Å²) >= 11 is 0. The van der Waals surface area contributed by atoms with E-state index in [2.05, 4.69) is 15.0 Å². The number of allylic oxidation sites excluding steroid dienone is 1. The van der Waals surface area contributed by atoms with Crippen molar-refractivity contribution in [2.75, 3.05) is 35.1 Å². The van der Waals surface area contributed by atoms with Crippen LogP contribution in [0.25, 0.3) is 29.2 Å². The molecule has 0 fully saturated rings. The van der Waals surface area contributed by atoms with E-state index < -0.39 is 42.7 Å². The first-order chi connectivity index (χ1) is 29.2. The van der Waals surface area contributed by atoms with Crippen LogP contribution in [0.1, 0.15) is 103 Å². The summed E-state index contributed by atoms with van der Waals surface area (Å²) in [7, 11) is 6.34. The van der Waals surface area contributed by atoms with Gasteiger partial charge in [0.05, 0.1) is 30.8 Å². The van der Waals surface area contributed by atoms with Crippen LogP contribution >= 0.6 is 0 Å². The number of esters is 1. The molecule has 1 aliphatic heterocycles. The number of cyclic esters (lactones) is 1. The molecule has 0 aliphatic carbocycles. The number of methoxy groups -OCH3 is 3. The molecule has 0 saturated carbocycles. The Hall–Kier alpha value is -4.52. The Morgan fingerprint density at radius 3 is 2.33 bits per heavy atom. The maximum atomic E-state index is 13.4. The van der Waals surface area contributed by atoms with Gasteiger partial charge in [0.25, 0.3) is 0 Å². The van der Waals surface area contributed by atoms with E-state index in [0.717, 1.165) is 0 Å². The molecular formula is C44H64N4O13. The predicted molar refractivity (Wildman–Crippen MR) is 222 cm³/mol. The van der Waals surface area contributed by atoms with Crippen molar-refractivity contribution in [3.05, 3.63) is 48.7 Å². The van der Waals surface area contributed by atoms with Gasteiger partial charge in [-0.15, -0.1) is 0 Å². The molecule has 0 aromatic carbocycles. The van der Waals surface area contributed by atoms with E-state index in [4.69, 9.17) is 32.2 Å². The monoisotopic (exact) mass is 856 g/mol. The minimum atomic E-state index is -1.28. The molecular weight excluding hydrogens is 792 g/mol. The zero-order valence-corrected chi connectivity index (χ0v) is 36.6. The largest absolute Gasteiger partial charge is 0.462 e. The fraction of sp³-hybridized carbons (Fsp3) is 0.636. The second-order valence-electron chi connectivity index (χ2n) is 16.1. The molecule has 61 heavy (non-hydrogen) atoms. The van der Waals surface area contributed by atoms with Crippen molar-refractivity contribution in [1.29, 1.82) is 0 Å². The number of rotatable bonds is 15. The maximum Gasteiger partial charge on any atom is 0.308 e. The molecule has 0 spiro atoms. The zero-order chi connectivity index (χ0) is 44.6. The van der Waals surface area contributed by atoms with Gasteiger partial charge in [-0.2, -0.15) is 0 Å². The zero-order valence-electron chi connectivity index (χ0n) is 36.6. The van der Waals surface area contributed by atoms with Crippen LogP contribution in [0.3, 0.4) is 0 Å². The third-order valence-electron chi connectivity index (χ3n) is 11.4. The average molecular weight is 857 g/mol. The van der Waals surface area contributed by atoms with Gasteiger partial charge in [0, 0.05) is 65.9 Å². The third-order valence-corrected chi connectivity index (χ3v) is 11.4. The number of hydrogen-bond donors (Lipinski definition) is 3. The molecule has 6 bridgehead atoms. The van der Waals surface area contributed by atoms with Crippen LogP contribution in [-0.4, -0.2) is 118 Å². The van der Waals surface area contributed by atoms with Crippen LogP contribution < -0.4 is 0 Å². The molecule has 10 atom stereocenters. The number of fused-ring (bicyclic) bond motifs is 8. The number of Topliss-reactive ketones (excluding diaryl/α,β-unsaturated/α-hetero) is 2. The topological polar surface area (TPSA) is 230 Å². The molecule has 0 radical (unpaired) electrons. The van der Waals surface area contributed by atoms with Gasteiger partial charge in [-0.25, -0.2) is 15.0 Å². The number of ether oxygens (including phenoxy) is 4. The molecule has 0 unspecified atom stereocenters. The summed E-state index contributed by atoms with van der Waals surface area (Å²) in [6, 6.07) is 0. The number of oxazole rings is 3. The van der Waals surface area contributed by atoms with Gasteiger partial charge in [-0.05, 0) is 49.8 Å². The molecule has 4 heterocycles. The molecule has 0 amide bonds. The van der Waals surface area contributed by atoms with Gasteiger partial charge in [-0.3, -0.25) is 14.4 Å². The Morgan fingerprint density at radius 2 is 1.62 bits per heavy atom. The summed E-state index contributed by atoms with van der Waals surface area (Å²) in [5.74, 6) is -1.65. The van der Waals surface area contributed by atoms with Gasteiger partial charge in [-0.1, -0.05) is 39.8 Å². The quantitative estimate of drug-likeness (QED) is 0.118.